The molecule has 0 saturated carbocycles. The van der Waals surface area contributed by atoms with Crippen LogP contribution in [0, 0.1) is 6.92 Å². The zero-order valence-corrected chi connectivity index (χ0v) is 23.2. The monoisotopic (exact) mass is 517 g/mol. The van der Waals surface area contributed by atoms with Gasteiger partial charge in [0.05, 0.1) is 19.1 Å². The van der Waals surface area contributed by atoms with Crippen molar-refractivity contribution in [2.24, 2.45) is 0 Å². The van der Waals surface area contributed by atoms with E-state index >= 15 is 0 Å². The second-order valence-electron chi connectivity index (χ2n) is 9.93. The number of anilines is 1. The molecule has 0 heterocycles. The third-order valence-corrected chi connectivity index (χ3v) is 6.78. The van der Waals surface area contributed by atoms with Crippen LogP contribution in [0.5, 0.6) is 5.75 Å². The molecule has 36 heavy (non-hydrogen) atoms. The van der Waals surface area contributed by atoms with Gasteiger partial charge in [0.15, 0.2) is 0 Å². The molecular weight excluding hydrogens is 478 g/mol. The lowest BCUT2D eigenvalue weighted by Crippen LogP contribution is -2.56. The number of carbonyl (C=O) groups excluding carboxylic acids is 2. The van der Waals surface area contributed by atoms with Gasteiger partial charge in [0.1, 0.15) is 18.3 Å². The van der Waals surface area contributed by atoms with E-state index in [1.165, 1.54) is 12.0 Å². The Labute approximate surface area is 215 Å². The molecule has 0 aliphatic heterocycles. The number of benzene rings is 2. The first-order chi connectivity index (χ1) is 16.8. The number of amides is 2. The highest BCUT2D eigenvalue weighted by atomic mass is 32.2. The average molecular weight is 518 g/mol. The van der Waals surface area contributed by atoms with Crippen molar-refractivity contribution in [1.29, 1.82) is 0 Å². The Kier molecular flexibility index (Phi) is 9.93. The number of hydrogen-bond donors (Lipinski definition) is 1. The van der Waals surface area contributed by atoms with Crippen LogP contribution in [-0.4, -0.2) is 63.2 Å². The second-order valence-corrected chi connectivity index (χ2v) is 11.8. The Bertz CT molecular complexity index is 1140. The molecule has 2 aromatic carbocycles. The number of aryl methyl sites for hydroxylation is 1. The Morgan fingerprint density at radius 2 is 1.72 bits per heavy atom. The molecule has 8 nitrogen and oxygen atoms in total. The van der Waals surface area contributed by atoms with Gasteiger partial charge in [-0.05, 0) is 63.8 Å². The summed E-state index contributed by atoms with van der Waals surface area (Å²) in [5, 5.41) is 2.96. The Morgan fingerprint density at radius 1 is 1.08 bits per heavy atom. The molecule has 2 aromatic rings. The zero-order chi connectivity index (χ0) is 27.1. The fraction of sp³-hybridized carbons (Fsp3) is 0.481. The van der Waals surface area contributed by atoms with Crippen LogP contribution < -0.4 is 14.4 Å². The lowest BCUT2D eigenvalue weighted by Gasteiger charge is -2.34. The van der Waals surface area contributed by atoms with E-state index in [2.05, 4.69) is 5.32 Å². The number of carbonyl (C=O) groups is 2. The van der Waals surface area contributed by atoms with Gasteiger partial charge in [-0.3, -0.25) is 13.9 Å². The van der Waals surface area contributed by atoms with E-state index in [1.54, 1.807) is 18.2 Å². The minimum absolute atomic E-state index is 0.265. The highest BCUT2D eigenvalue weighted by Gasteiger charge is 2.33. The standard InChI is InChI=1S/C27H39N3O5S/c1-8-22(26(32)28-27(3,4)5)29(17-16-21-12-10-9-11-13-21)25(31)19-30(36(7,33)34)23-18-20(2)14-15-24(23)35-6/h9-15,18,22H,8,16-17,19H2,1-7H3,(H,28,32). The van der Waals surface area contributed by atoms with E-state index in [4.69, 9.17) is 4.74 Å². The van der Waals surface area contributed by atoms with Crippen LogP contribution in [0.4, 0.5) is 5.69 Å². The molecule has 9 heteroatoms. The first-order valence-corrected chi connectivity index (χ1v) is 13.9. The number of sulfonamides is 1. The average Bonchev–Trinajstić information content (AvgIpc) is 2.78. The van der Waals surface area contributed by atoms with Crippen molar-refractivity contribution in [3.63, 3.8) is 0 Å². The van der Waals surface area contributed by atoms with Gasteiger partial charge < -0.3 is 15.0 Å². The summed E-state index contributed by atoms with van der Waals surface area (Å²) >= 11 is 0. The molecule has 1 atom stereocenters. The van der Waals surface area contributed by atoms with Crippen molar-refractivity contribution in [2.45, 2.75) is 59.0 Å². The van der Waals surface area contributed by atoms with Gasteiger partial charge in [-0.25, -0.2) is 8.42 Å². The van der Waals surface area contributed by atoms with Crippen LogP contribution in [0.2, 0.25) is 0 Å². The first-order valence-electron chi connectivity index (χ1n) is 12.0. The third-order valence-electron chi connectivity index (χ3n) is 5.65. The minimum atomic E-state index is -3.84. The van der Waals surface area contributed by atoms with E-state index in [0.717, 1.165) is 21.7 Å². The summed E-state index contributed by atoms with van der Waals surface area (Å²) < 4.78 is 32.1. The van der Waals surface area contributed by atoms with Crippen molar-refractivity contribution in [3.8, 4) is 5.75 Å². The maximum atomic E-state index is 13.7. The number of rotatable bonds is 11. The number of nitrogens with zero attached hydrogens (tertiary/aromatic N) is 2. The summed E-state index contributed by atoms with van der Waals surface area (Å²) in [6, 6.07) is 14.1. The molecule has 198 valence electrons. The van der Waals surface area contributed by atoms with Crippen LogP contribution in [0.15, 0.2) is 48.5 Å². The Morgan fingerprint density at radius 3 is 2.25 bits per heavy atom. The highest BCUT2D eigenvalue weighted by Crippen LogP contribution is 2.31. The van der Waals surface area contributed by atoms with Crippen molar-refractivity contribution in [3.05, 3.63) is 59.7 Å². The zero-order valence-electron chi connectivity index (χ0n) is 22.4. The summed E-state index contributed by atoms with van der Waals surface area (Å²) in [5.41, 5.74) is 1.64. The van der Waals surface area contributed by atoms with Gasteiger partial charge in [-0.2, -0.15) is 0 Å². The predicted octanol–water partition coefficient (Wildman–Crippen LogP) is 3.53. The first kappa shape index (κ1) is 29.2. The molecular formula is C27H39N3O5S. The normalized spacial score (nSPS) is 12.5. The van der Waals surface area contributed by atoms with E-state index < -0.39 is 34.1 Å². The van der Waals surface area contributed by atoms with E-state index in [9.17, 15) is 18.0 Å². The molecule has 1 N–H and O–H groups in total. The SMILES string of the molecule is CCC(C(=O)NC(C)(C)C)N(CCc1ccccc1)C(=O)CN(c1cc(C)ccc1OC)S(C)(=O)=O. The number of nitrogens with one attached hydrogen (secondary N) is 1. The molecule has 0 bridgehead atoms. The van der Waals surface area contributed by atoms with Crippen LogP contribution >= 0.6 is 0 Å². The Hall–Kier alpha value is -3.07. The highest BCUT2D eigenvalue weighted by molar-refractivity contribution is 7.92. The predicted molar refractivity (Wildman–Crippen MR) is 144 cm³/mol. The van der Waals surface area contributed by atoms with Crippen molar-refractivity contribution in [1.82, 2.24) is 10.2 Å². The smallest absolute Gasteiger partial charge is 0.244 e. The summed E-state index contributed by atoms with van der Waals surface area (Å²) in [7, 11) is -2.39. The van der Waals surface area contributed by atoms with Crippen LogP contribution in [0.3, 0.4) is 0 Å². The molecule has 0 spiro atoms. The molecule has 0 saturated heterocycles. The van der Waals surface area contributed by atoms with Gasteiger partial charge in [-0.15, -0.1) is 0 Å². The molecule has 0 radical (unpaired) electrons. The molecule has 0 aliphatic carbocycles. The maximum absolute atomic E-state index is 13.7. The van der Waals surface area contributed by atoms with Crippen molar-refractivity contribution in [2.75, 3.05) is 30.8 Å². The van der Waals surface area contributed by atoms with Gasteiger partial charge >= 0.3 is 0 Å². The second kappa shape index (κ2) is 12.3. The fourth-order valence-electron chi connectivity index (χ4n) is 3.94. The van der Waals surface area contributed by atoms with Crippen LogP contribution in [0.1, 0.15) is 45.2 Å². The van der Waals surface area contributed by atoms with E-state index in [1.807, 2.05) is 65.0 Å². The molecule has 0 aliphatic rings. The summed E-state index contributed by atoms with van der Waals surface area (Å²) in [6.45, 7) is 9.12. The third kappa shape index (κ3) is 8.26. The minimum Gasteiger partial charge on any atom is -0.495 e. The van der Waals surface area contributed by atoms with Gasteiger partial charge in [0, 0.05) is 12.1 Å². The summed E-state index contributed by atoms with van der Waals surface area (Å²) in [5.74, 6) is -0.395. The quantitative estimate of drug-likeness (QED) is 0.492. The molecule has 0 fully saturated rings. The van der Waals surface area contributed by atoms with Gasteiger partial charge in [0.25, 0.3) is 0 Å². The van der Waals surface area contributed by atoms with E-state index in [0.29, 0.717) is 18.6 Å². The largest absolute Gasteiger partial charge is 0.495 e. The van der Waals surface area contributed by atoms with E-state index in [-0.39, 0.29) is 18.1 Å². The Balaban J connectivity index is 2.45. The summed E-state index contributed by atoms with van der Waals surface area (Å²) in [4.78, 5) is 28.4. The number of ether oxygens (including phenoxy) is 1. The number of methoxy groups -OCH3 is 1. The maximum Gasteiger partial charge on any atom is 0.244 e. The lowest BCUT2D eigenvalue weighted by atomic mass is 10.1. The van der Waals surface area contributed by atoms with Gasteiger partial charge in [-0.1, -0.05) is 43.3 Å². The molecule has 2 rings (SSSR count). The fourth-order valence-corrected chi connectivity index (χ4v) is 4.78. The van der Waals surface area contributed by atoms with Crippen LogP contribution in [0.25, 0.3) is 0 Å². The van der Waals surface area contributed by atoms with Crippen LogP contribution in [-0.2, 0) is 26.0 Å². The molecule has 0 aromatic heterocycles. The number of hydrogen-bond acceptors (Lipinski definition) is 5. The van der Waals surface area contributed by atoms with Crippen molar-refractivity contribution < 1.29 is 22.7 Å². The lowest BCUT2D eigenvalue weighted by molar-refractivity contribution is -0.140. The summed E-state index contributed by atoms with van der Waals surface area (Å²) in [6.07, 6.45) is 1.97. The topological polar surface area (TPSA) is 96.0 Å². The van der Waals surface area contributed by atoms with Crippen molar-refractivity contribution >= 4 is 27.5 Å². The molecule has 1 unspecified atom stereocenters. The molecule has 2 amide bonds. The van der Waals surface area contributed by atoms with Gasteiger partial charge in [0.2, 0.25) is 21.8 Å².